The molecule has 4 nitrogen and oxygen atoms in total. The second-order valence-electron chi connectivity index (χ2n) is 6.26. The number of aryl methyl sites for hydroxylation is 1. The minimum atomic E-state index is -0.449. The maximum atomic E-state index is 6.53. The third-order valence-electron chi connectivity index (χ3n) is 4.26. The Kier molecular flexibility index (Phi) is 3.88. The van der Waals surface area contributed by atoms with Gasteiger partial charge in [-0.2, -0.15) is 4.98 Å². The number of hydrogen-bond acceptors (Lipinski definition) is 4. The summed E-state index contributed by atoms with van der Waals surface area (Å²) in [6, 6.07) is 6.07. The second-order valence-corrected chi connectivity index (χ2v) is 7.12. The van der Waals surface area contributed by atoms with Crippen molar-refractivity contribution < 1.29 is 4.52 Å². The molecule has 0 spiro atoms. The highest BCUT2D eigenvalue weighted by molar-refractivity contribution is 9.10. The van der Waals surface area contributed by atoms with E-state index < -0.39 is 5.54 Å². The Morgan fingerprint density at radius 2 is 2.24 bits per heavy atom. The van der Waals surface area contributed by atoms with Crippen LogP contribution in [-0.2, 0) is 5.54 Å². The Labute approximate surface area is 133 Å². The summed E-state index contributed by atoms with van der Waals surface area (Å²) >= 11 is 3.54. The fourth-order valence-corrected chi connectivity index (χ4v) is 3.55. The molecule has 1 fully saturated rings. The average Bonchev–Trinajstić information content (AvgIpc) is 2.91. The molecule has 1 heterocycles. The van der Waals surface area contributed by atoms with Gasteiger partial charge >= 0.3 is 0 Å². The Morgan fingerprint density at radius 3 is 3.00 bits per heavy atom. The molecule has 1 aliphatic rings. The van der Waals surface area contributed by atoms with Crippen LogP contribution in [0, 0.1) is 12.8 Å². The summed E-state index contributed by atoms with van der Waals surface area (Å²) in [5, 5.41) is 4.16. The Hall–Kier alpha value is -1.20. The first-order valence-electron chi connectivity index (χ1n) is 7.37. The van der Waals surface area contributed by atoms with E-state index in [0.29, 0.717) is 17.6 Å². The van der Waals surface area contributed by atoms with Crippen LogP contribution in [0.15, 0.2) is 27.2 Å². The fraction of sp³-hybridized carbons (Fsp3) is 0.500. The number of aromatic nitrogens is 2. The van der Waals surface area contributed by atoms with Crippen molar-refractivity contribution >= 4 is 15.9 Å². The van der Waals surface area contributed by atoms with Crippen molar-refractivity contribution in [1.29, 1.82) is 0 Å². The van der Waals surface area contributed by atoms with Crippen molar-refractivity contribution in [3.8, 4) is 11.5 Å². The van der Waals surface area contributed by atoms with E-state index in [1.807, 2.05) is 25.1 Å². The van der Waals surface area contributed by atoms with Crippen LogP contribution in [0.4, 0.5) is 0 Å². The van der Waals surface area contributed by atoms with E-state index in [1.54, 1.807) is 0 Å². The van der Waals surface area contributed by atoms with Crippen molar-refractivity contribution in [3.05, 3.63) is 34.1 Å². The summed E-state index contributed by atoms with van der Waals surface area (Å²) in [7, 11) is 0. The van der Waals surface area contributed by atoms with E-state index in [9.17, 15) is 0 Å². The first-order chi connectivity index (χ1) is 9.98. The van der Waals surface area contributed by atoms with E-state index in [2.05, 4.69) is 33.0 Å². The second kappa shape index (κ2) is 5.54. The molecule has 3 rings (SSSR count). The average molecular weight is 350 g/mol. The zero-order valence-corrected chi connectivity index (χ0v) is 14.0. The van der Waals surface area contributed by atoms with E-state index in [1.165, 1.54) is 6.42 Å². The summed E-state index contributed by atoms with van der Waals surface area (Å²) in [4.78, 5) is 4.58. The van der Waals surface area contributed by atoms with Gasteiger partial charge in [0.05, 0.1) is 11.1 Å². The molecule has 1 aromatic carbocycles. The molecule has 0 saturated heterocycles. The number of benzene rings is 1. The van der Waals surface area contributed by atoms with Crippen molar-refractivity contribution in [3.63, 3.8) is 0 Å². The zero-order valence-electron chi connectivity index (χ0n) is 12.4. The SMILES string of the molecule is Cc1ccc(Br)c(-c2nc(C3(N)CCCC(C)C3)no2)c1. The number of halogens is 1. The van der Waals surface area contributed by atoms with Crippen LogP contribution in [0.5, 0.6) is 0 Å². The van der Waals surface area contributed by atoms with Crippen molar-refractivity contribution in [2.45, 2.75) is 45.1 Å². The lowest BCUT2D eigenvalue weighted by atomic mass is 9.76. The first-order valence-corrected chi connectivity index (χ1v) is 8.17. The molecule has 112 valence electrons. The van der Waals surface area contributed by atoms with Gasteiger partial charge in [0, 0.05) is 4.47 Å². The highest BCUT2D eigenvalue weighted by atomic mass is 79.9. The molecule has 1 aromatic heterocycles. The molecule has 0 bridgehead atoms. The normalized spacial score (nSPS) is 26.0. The molecule has 5 heteroatoms. The van der Waals surface area contributed by atoms with Crippen LogP contribution >= 0.6 is 15.9 Å². The minimum Gasteiger partial charge on any atom is -0.334 e. The molecule has 2 aromatic rings. The molecule has 1 aliphatic carbocycles. The smallest absolute Gasteiger partial charge is 0.259 e. The Balaban J connectivity index is 1.94. The molecule has 0 aliphatic heterocycles. The number of nitrogens with zero attached hydrogens (tertiary/aromatic N) is 2. The lowest BCUT2D eigenvalue weighted by molar-refractivity contribution is 0.222. The maximum Gasteiger partial charge on any atom is 0.259 e. The van der Waals surface area contributed by atoms with Gasteiger partial charge in [0.15, 0.2) is 5.82 Å². The van der Waals surface area contributed by atoms with Gasteiger partial charge in [-0.3, -0.25) is 0 Å². The van der Waals surface area contributed by atoms with Crippen LogP contribution in [0.2, 0.25) is 0 Å². The van der Waals surface area contributed by atoms with Gasteiger partial charge in [-0.1, -0.05) is 36.6 Å². The zero-order chi connectivity index (χ0) is 15.0. The monoisotopic (exact) mass is 349 g/mol. The summed E-state index contributed by atoms with van der Waals surface area (Å²) in [6.07, 6.45) is 4.19. The molecule has 2 atom stereocenters. The van der Waals surface area contributed by atoms with Gasteiger partial charge in [0.1, 0.15) is 0 Å². The van der Waals surface area contributed by atoms with E-state index in [4.69, 9.17) is 10.3 Å². The molecule has 21 heavy (non-hydrogen) atoms. The van der Waals surface area contributed by atoms with Gasteiger partial charge in [-0.15, -0.1) is 0 Å². The molecular formula is C16H20BrN3O. The lowest BCUT2D eigenvalue weighted by Gasteiger charge is -2.33. The third-order valence-corrected chi connectivity index (χ3v) is 4.95. The van der Waals surface area contributed by atoms with Gasteiger partial charge in [0.25, 0.3) is 5.89 Å². The third kappa shape index (κ3) is 2.90. The molecular weight excluding hydrogens is 330 g/mol. The molecule has 0 radical (unpaired) electrons. The molecule has 2 unspecified atom stereocenters. The standard InChI is InChI=1S/C16H20BrN3O/c1-10-5-6-13(17)12(8-10)14-19-15(20-21-14)16(18)7-3-4-11(2)9-16/h5-6,8,11H,3-4,7,9,18H2,1-2H3. The largest absolute Gasteiger partial charge is 0.334 e. The van der Waals surface area contributed by atoms with Crippen molar-refractivity contribution in [2.24, 2.45) is 11.7 Å². The van der Waals surface area contributed by atoms with Crippen LogP contribution in [0.25, 0.3) is 11.5 Å². The van der Waals surface area contributed by atoms with Crippen molar-refractivity contribution in [1.82, 2.24) is 10.1 Å². The number of hydrogen-bond donors (Lipinski definition) is 1. The first kappa shape index (κ1) is 14.7. The summed E-state index contributed by atoms with van der Waals surface area (Å²) in [6.45, 7) is 4.28. The van der Waals surface area contributed by atoms with E-state index in [0.717, 1.165) is 34.9 Å². The maximum absolute atomic E-state index is 6.53. The summed E-state index contributed by atoms with van der Waals surface area (Å²) in [5.41, 5.74) is 8.16. The predicted molar refractivity (Wildman–Crippen MR) is 85.7 cm³/mol. The minimum absolute atomic E-state index is 0.449. The Bertz CT molecular complexity index is 655. The van der Waals surface area contributed by atoms with Gasteiger partial charge in [0.2, 0.25) is 0 Å². The lowest BCUT2D eigenvalue weighted by Crippen LogP contribution is -2.42. The summed E-state index contributed by atoms with van der Waals surface area (Å²) < 4.78 is 6.42. The highest BCUT2D eigenvalue weighted by Gasteiger charge is 2.37. The topological polar surface area (TPSA) is 64.9 Å². The molecule has 2 N–H and O–H groups in total. The number of nitrogens with two attached hydrogens (primary N) is 1. The van der Waals surface area contributed by atoms with Gasteiger partial charge in [-0.25, -0.2) is 0 Å². The van der Waals surface area contributed by atoms with E-state index in [-0.39, 0.29) is 0 Å². The molecule has 1 saturated carbocycles. The van der Waals surface area contributed by atoms with Gasteiger partial charge < -0.3 is 10.3 Å². The molecule has 0 amide bonds. The Morgan fingerprint density at radius 1 is 1.43 bits per heavy atom. The quantitative estimate of drug-likeness (QED) is 0.883. The van der Waals surface area contributed by atoms with Crippen LogP contribution in [0.3, 0.4) is 0 Å². The fourth-order valence-electron chi connectivity index (χ4n) is 3.13. The van der Waals surface area contributed by atoms with Crippen LogP contribution < -0.4 is 5.73 Å². The van der Waals surface area contributed by atoms with Crippen LogP contribution in [0.1, 0.15) is 44.0 Å². The predicted octanol–water partition coefficient (Wildman–Crippen LogP) is 4.17. The van der Waals surface area contributed by atoms with Crippen LogP contribution in [-0.4, -0.2) is 10.1 Å². The van der Waals surface area contributed by atoms with Gasteiger partial charge in [-0.05, 0) is 53.7 Å². The van der Waals surface area contributed by atoms with Crippen molar-refractivity contribution in [2.75, 3.05) is 0 Å². The number of rotatable bonds is 2. The van der Waals surface area contributed by atoms with E-state index >= 15 is 0 Å². The summed E-state index contributed by atoms with van der Waals surface area (Å²) in [5.74, 6) is 1.78. The highest BCUT2D eigenvalue weighted by Crippen LogP contribution is 2.37.